The van der Waals surface area contributed by atoms with Crippen molar-refractivity contribution in [2.24, 2.45) is 22.0 Å². The molecule has 0 spiro atoms. The number of hydrogen-bond donors (Lipinski definition) is 3. The zero-order valence-electron chi connectivity index (χ0n) is 24.1. The summed E-state index contributed by atoms with van der Waals surface area (Å²) in [5, 5.41) is 19.4. The standard InChI is InChI=1S/C31H45N7/c1-9-11-12-16-38(15-10-2)29-19-28(36-37(8)24(29)5)27-18-26(14-13-22(27)3)35-23(4)25(20-32)17-30(34)31(6,7)21-33/h13-14,17-20,35H,4-5,9-12,15-16,32,34H2,1-3,6-8H3/b25-20+,30-17-. The van der Waals surface area contributed by atoms with Crippen LogP contribution in [0.5, 0.6) is 0 Å². The fourth-order valence-corrected chi connectivity index (χ4v) is 4.08. The van der Waals surface area contributed by atoms with Crippen LogP contribution in [-0.2, 0) is 0 Å². The molecule has 0 amide bonds. The molecule has 0 aromatic heterocycles. The van der Waals surface area contributed by atoms with Gasteiger partial charge in [-0.2, -0.15) is 10.4 Å². The predicted octanol–water partition coefficient (Wildman–Crippen LogP) is 6.10. The van der Waals surface area contributed by atoms with E-state index < -0.39 is 5.41 Å². The number of nitriles is 1. The SMILES string of the molecule is C=C(Nc1ccc(C)c(C2=NN(C)C(=C)C(N(CCC)CCCCC)=C2)c1)C(/C=C(\N)C(C)(C)C#N)=C/N. The van der Waals surface area contributed by atoms with Crippen LogP contribution in [0.15, 0.2) is 83.2 Å². The maximum absolute atomic E-state index is 9.39. The number of anilines is 1. The molecule has 38 heavy (non-hydrogen) atoms. The summed E-state index contributed by atoms with van der Waals surface area (Å²) in [7, 11) is 1.95. The highest BCUT2D eigenvalue weighted by molar-refractivity contribution is 6.11. The molecule has 1 aromatic carbocycles. The van der Waals surface area contributed by atoms with Gasteiger partial charge in [0, 0.05) is 54.6 Å². The van der Waals surface area contributed by atoms with Gasteiger partial charge in [0.25, 0.3) is 0 Å². The summed E-state index contributed by atoms with van der Waals surface area (Å²) in [6, 6.07) is 8.33. The molecular weight excluding hydrogens is 470 g/mol. The monoisotopic (exact) mass is 515 g/mol. The molecule has 7 heteroatoms. The van der Waals surface area contributed by atoms with Crippen molar-refractivity contribution in [1.29, 1.82) is 5.26 Å². The van der Waals surface area contributed by atoms with Gasteiger partial charge in [-0.05, 0) is 63.5 Å². The highest BCUT2D eigenvalue weighted by atomic mass is 15.5. The molecule has 7 nitrogen and oxygen atoms in total. The topological polar surface area (TPSA) is 107 Å². The first kappa shape index (κ1) is 30.3. The first-order chi connectivity index (χ1) is 18.0. The number of aryl methyl sites for hydroxylation is 1. The van der Waals surface area contributed by atoms with Crippen molar-refractivity contribution in [3.05, 3.63) is 89.2 Å². The van der Waals surface area contributed by atoms with E-state index in [1.54, 1.807) is 19.9 Å². The molecule has 0 bridgehead atoms. The molecule has 0 atom stereocenters. The number of rotatable bonds is 13. The third-order valence-electron chi connectivity index (χ3n) is 6.73. The van der Waals surface area contributed by atoms with Crippen LogP contribution in [0.1, 0.15) is 64.5 Å². The summed E-state index contributed by atoms with van der Waals surface area (Å²) >= 11 is 0. The molecule has 1 aromatic rings. The number of unbranched alkanes of at least 4 members (excludes halogenated alkanes) is 2. The third-order valence-corrected chi connectivity index (χ3v) is 6.73. The molecule has 0 saturated heterocycles. The van der Waals surface area contributed by atoms with Crippen LogP contribution in [0.3, 0.4) is 0 Å². The van der Waals surface area contributed by atoms with E-state index in [9.17, 15) is 5.26 Å². The summed E-state index contributed by atoms with van der Waals surface area (Å²) in [5.41, 5.74) is 18.7. The van der Waals surface area contributed by atoms with Crippen molar-refractivity contribution < 1.29 is 0 Å². The zero-order valence-corrected chi connectivity index (χ0v) is 24.1. The predicted molar refractivity (Wildman–Crippen MR) is 161 cm³/mol. The molecule has 0 fully saturated rings. The van der Waals surface area contributed by atoms with Gasteiger partial charge in [0.2, 0.25) is 0 Å². The van der Waals surface area contributed by atoms with Crippen LogP contribution in [0.25, 0.3) is 0 Å². The van der Waals surface area contributed by atoms with E-state index in [-0.39, 0.29) is 0 Å². The number of nitrogens with two attached hydrogens (primary N) is 2. The van der Waals surface area contributed by atoms with Gasteiger partial charge in [-0.1, -0.05) is 45.9 Å². The minimum Gasteiger partial charge on any atom is -0.404 e. The van der Waals surface area contributed by atoms with Crippen LogP contribution >= 0.6 is 0 Å². The lowest BCUT2D eigenvalue weighted by Crippen LogP contribution is -2.33. The van der Waals surface area contributed by atoms with E-state index in [4.69, 9.17) is 16.6 Å². The highest BCUT2D eigenvalue weighted by Crippen LogP contribution is 2.28. The lowest BCUT2D eigenvalue weighted by Gasteiger charge is -2.34. The third kappa shape index (κ3) is 7.55. The number of likely N-dealkylation sites (N-methyl/N-ethyl adjacent to an activating group) is 1. The second-order valence-electron chi connectivity index (χ2n) is 10.3. The molecule has 0 aliphatic carbocycles. The quantitative estimate of drug-likeness (QED) is 0.216. The van der Waals surface area contributed by atoms with Crippen molar-refractivity contribution in [2.75, 3.05) is 25.5 Å². The molecule has 1 aliphatic rings. The maximum atomic E-state index is 9.39. The van der Waals surface area contributed by atoms with Crippen LogP contribution in [0.4, 0.5) is 5.69 Å². The van der Waals surface area contributed by atoms with E-state index in [0.717, 1.165) is 59.9 Å². The van der Waals surface area contributed by atoms with Gasteiger partial charge < -0.3 is 21.7 Å². The summed E-state index contributed by atoms with van der Waals surface area (Å²) in [6.07, 6.45) is 9.90. The lowest BCUT2D eigenvalue weighted by molar-refractivity contribution is 0.312. The molecule has 0 unspecified atom stereocenters. The zero-order chi connectivity index (χ0) is 28.5. The van der Waals surface area contributed by atoms with Gasteiger partial charge in [-0.25, -0.2) is 0 Å². The van der Waals surface area contributed by atoms with Gasteiger partial charge in [0.1, 0.15) is 0 Å². The Morgan fingerprint density at radius 2 is 1.95 bits per heavy atom. The lowest BCUT2D eigenvalue weighted by atomic mass is 9.90. The maximum Gasteiger partial charge on any atom is 0.0932 e. The molecule has 2 rings (SSSR count). The Kier molecular flexibility index (Phi) is 10.8. The van der Waals surface area contributed by atoms with E-state index in [0.29, 0.717) is 17.0 Å². The fourth-order valence-electron chi connectivity index (χ4n) is 4.08. The summed E-state index contributed by atoms with van der Waals surface area (Å²) in [5.74, 6) is 0. The molecule has 204 valence electrons. The number of hydrazone groups is 1. The van der Waals surface area contributed by atoms with E-state index >= 15 is 0 Å². The van der Waals surface area contributed by atoms with Gasteiger partial charge in [-0.15, -0.1) is 0 Å². The Morgan fingerprint density at radius 3 is 2.55 bits per heavy atom. The van der Waals surface area contributed by atoms with Gasteiger partial charge >= 0.3 is 0 Å². The smallest absolute Gasteiger partial charge is 0.0932 e. The van der Waals surface area contributed by atoms with Crippen LogP contribution in [0, 0.1) is 23.7 Å². The largest absolute Gasteiger partial charge is 0.404 e. The first-order valence-electron chi connectivity index (χ1n) is 13.3. The number of hydrogen-bond acceptors (Lipinski definition) is 7. The van der Waals surface area contributed by atoms with E-state index in [1.807, 2.05) is 18.1 Å². The molecule has 0 saturated carbocycles. The molecule has 1 heterocycles. The van der Waals surface area contributed by atoms with Crippen molar-refractivity contribution in [1.82, 2.24) is 9.91 Å². The van der Waals surface area contributed by atoms with Crippen LogP contribution in [-0.4, -0.2) is 35.8 Å². The average Bonchev–Trinajstić information content (AvgIpc) is 2.89. The number of nitrogens with one attached hydrogen (secondary N) is 1. The summed E-state index contributed by atoms with van der Waals surface area (Å²) < 4.78 is 0. The fraction of sp³-hybridized carbons (Fsp3) is 0.419. The van der Waals surface area contributed by atoms with Gasteiger partial charge in [0.05, 0.1) is 28.6 Å². The van der Waals surface area contributed by atoms with Crippen molar-refractivity contribution in [3.8, 4) is 6.07 Å². The Balaban J connectivity index is 2.39. The normalized spacial score (nSPS) is 14.6. The van der Waals surface area contributed by atoms with Crippen molar-refractivity contribution in [3.63, 3.8) is 0 Å². The number of benzene rings is 1. The minimum atomic E-state index is -0.813. The Labute approximate surface area is 229 Å². The number of allylic oxidation sites excluding steroid dienone is 3. The Hall–Kier alpha value is -3.92. The summed E-state index contributed by atoms with van der Waals surface area (Å²) in [4.78, 5) is 2.43. The van der Waals surface area contributed by atoms with E-state index in [2.05, 4.69) is 68.4 Å². The minimum absolute atomic E-state index is 0.414. The second-order valence-corrected chi connectivity index (χ2v) is 10.3. The number of nitrogens with zero attached hydrogens (tertiary/aromatic N) is 4. The molecule has 0 radical (unpaired) electrons. The molecular formula is C31H45N7. The molecule has 5 N–H and O–H groups in total. The summed E-state index contributed by atoms with van der Waals surface area (Å²) in [6.45, 7) is 20.5. The van der Waals surface area contributed by atoms with Gasteiger partial charge in [-0.3, -0.25) is 5.01 Å². The van der Waals surface area contributed by atoms with Gasteiger partial charge in [0.15, 0.2) is 0 Å². The molecule has 1 aliphatic heterocycles. The van der Waals surface area contributed by atoms with Crippen LogP contribution in [0.2, 0.25) is 0 Å². The Morgan fingerprint density at radius 1 is 1.24 bits per heavy atom. The average molecular weight is 516 g/mol. The van der Waals surface area contributed by atoms with Crippen molar-refractivity contribution >= 4 is 11.4 Å². The highest BCUT2D eigenvalue weighted by Gasteiger charge is 2.23. The first-order valence-corrected chi connectivity index (χ1v) is 13.3. The second kappa shape index (κ2) is 13.6. The van der Waals surface area contributed by atoms with Crippen molar-refractivity contribution in [2.45, 2.75) is 60.3 Å². The Bertz CT molecular complexity index is 1190. The van der Waals surface area contributed by atoms with Crippen LogP contribution < -0.4 is 16.8 Å². The van der Waals surface area contributed by atoms with E-state index in [1.165, 1.54) is 19.0 Å².